The second-order valence-corrected chi connectivity index (χ2v) is 13.1. The Hall–Kier alpha value is -1.60. The molecule has 202 valence electrons. The molecule has 38 heavy (non-hydrogen) atoms. The van der Waals surface area contributed by atoms with E-state index in [1.54, 1.807) is 0 Å². The summed E-state index contributed by atoms with van der Waals surface area (Å²) in [7, 11) is 0. The van der Waals surface area contributed by atoms with Crippen LogP contribution in [0.3, 0.4) is 0 Å². The zero-order valence-electron chi connectivity index (χ0n) is 25.7. The Kier molecular flexibility index (Phi) is 12.4. The molecule has 2 aliphatic carbocycles. The molecule has 2 aliphatic rings. The van der Waals surface area contributed by atoms with Crippen molar-refractivity contribution in [2.45, 2.75) is 85.5 Å². The maximum absolute atomic E-state index is 3.25. The maximum Gasteiger partial charge on any atom is 4.00 e. The van der Waals surface area contributed by atoms with E-state index in [4.69, 9.17) is 0 Å². The van der Waals surface area contributed by atoms with Gasteiger partial charge in [-0.2, -0.15) is 29.9 Å². The Morgan fingerprint density at radius 3 is 1.76 bits per heavy atom. The van der Waals surface area contributed by atoms with Crippen molar-refractivity contribution in [1.29, 1.82) is 0 Å². The van der Waals surface area contributed by atoms with E-state index < -0.39 is 0 Å². The predicted octanol–water partition coefficient (Wildman–Crippen LogP) is 11.1. The van der Waals surface area contributed by atoms with Crippen LogP contribution in [0.2, 0.25) is 0 Å². The molecular weight excluding hydrogens is 623 g/mol. The second kappa shape index (κ2) is 13.6. The van der Waals surface area contributed by atoms with E-state index in [1.165, 1.54) is 57.5 Å². The van der Waals surface area contributed by atoms with Gasteiger partial charge < -0.3 is 14.9 Å². The van der Waals surface area contributed by atoms with Crippen LogP contribution in [0.25, 0.3) is 21.5 Å². The van der Waals surface area contributed by atoms with Gasteiger partial charge in [0, 0.05) is 0 Å². The van der Waals surface area contributed by atoms with Crippen LogP contribution in [0, 0.1) is 38.7 Å². The monoisotopic (exact) mass is 674 g/mol. The molecule has 2 unspecified atom stereocenters. The zero-order chi connectivity index (χ0) is 25.4. The number of allylic oxidation sites excluding steroid dienone is 6. The molecule has 0 saturated heterocycles. The van der Waals surface area contributed by atoms with Crippen LogP contribution in [-0.2, 0) is 36.7 Å². The Morgan fingerprint density at radius 2 is 1.37 bits per heavy atom. The molecule has 0 radical (unpaired) electrons. The van der Waals surface area contributed by atoms with Gasteiger partial charge in [-0.3, -0.25) is 0 Å². The van der Waals surface area contributed by atoms with E-state index in [0.29, 0.717) is 0 Å². The molecule has 1 fully saturated rings. The van der Waals surface area contributed by atoms with Gasteiger partial charge >= 0.3 is 25.8 Å². The minimum Gasteiger partial charge on any atom is -0.358 e. The van der Waals surface area contributed by atoms with Crippen molar-refractivity contribution in [3.63, 3.8) is 0 Å². The van der Waals surface area contributed by atoms with Gasteiger partial charge in [0.05, 0.1) is 0 Å². The van der Waals surface area contributed by atoms with Crippen molar-refractivity contribution in [2.75, 3.05) is 0 Å². The maximum atomic E-state index is 3.25. The van der Waals surface area contributed by atoms with E-state index in [1.807, 2.05) is 6.08 Å². The molecule has 2 atom stereocenters. The van der Waals surface area contributed by atoms with Gasteiger partial charge in [-0.25, -0.2) is 0 Å². The fraction of sp³-hybridized carbons (Fsp3) is 0.432. The largest absolute Gasteiger partial charge is 4.00 e. The molecule has 0 heterocycles. The van der Waals surface area contributed by atoms with Gasteiger partial charge in [0.1, 0.15) is 0 Å². The second-order valence-electron chi connectivity index (χ2n) is 13.1. The van der Waals surface area contributed by atoms with Crippen LogP contribution in [0.1, 0.15) is 85.8 Å². The Morgan fingerprint density at radius 1 is 0.842 bits per heavy atom. The molecule has 0 nitrogen and oxygen atoms in total. The summed E-state index contributed by atoms with van der Waals surface area (Å²) in [6.45, 7) is 18.3. The summed E-state index contributed by atoms with van der Waals surface area (Å²) in [4.78, 5) is 0. The summed E-state index contributed by atoms with van der Waals surface area (Å²) in [5, 5.41) is 5.48. The van der Waals surface area contributed by atoms with Crippen LogP contribution in [0.4, 0.5) is 0 Å². The summed E-state index contributed by atoms with van der Waals surface area (Å²) >= 11 is 0. The average molecular weight is 673 g/mol. The van der Waals surface area contributed by atoms with E-state index in [2.05, 4.69) is 122 Å². The van der Waals surface area contributed by atoms with Crippen molar-refractivity contribution in [3.05, 3.63) is 104 Å². The number of hydrogen-bond donors (Lipinski definition) is 0. The van der Waals surface area contributed by atoms with Crippen LogP contribution >= 0.6 is 0 Å². The molecule has 0 N–H and O–H groups in total. The van der Waals surface area contributed by atoms with Gasteiger partial charge in [-0.1, -0.05) is 116 Å². The summed E-state index contributed by atoms with van der Waals surface area (Å²) in [6, 6.07) is 16.2. The molecule has 0 aromatic heterocycles. The third kappa shape index (κ3) is 8.20. The van der Waals surface area contributed by atoms with Crippen molar-refractivity contribution in [1.82, 2.24) is 0 Å². The van der Waals surface area contributed by atoms with Gasteiger partial charge in [0.2, 0.25) is 0 Å². The minimum absolute atomic E-state index is 0. The fourth-order valence-corrected chi connectivity index (χ4v) is 5.47. The number of rotatable bonds is 2. The van der Waals surface area contributed by atoms with Gasteiger partial charge in [0.15, 0.2) is 0 Å². The Labute approximate surface area is 253 Å². The minimum atomic E-state index is 0. The van der Waals surface area contributed by atoms with Crippen LogP contribution < -0.4 is 0 Å². The van der Waals surface area contributed by atoms with E-state index >= 15 is 0 Å². The van der Waals surface area contributed by atoms with Crippen molar-refractivity contribution in [3.8, 4) is 0 Å². The number of benzene rings is 2. The third-order valence-electron chi connectivity index (χ3n) is 7.93. The summed E-state index contributed by atoms with van der Waals surface area (Å²) in [5.74, 6) is 2.62. The number of fused-ring (bicyclic) bond motifs is 3. The van der Waals surface area contributed by atoms with Gasteiger partial charge in [0.25, 0.3) is 0 Å². The topological polar surface area (TPSA) is 0 Å². The molecule has 0 aliphatic heterocycles. The van der Waals surface area contributed by atoms with Crippen molar-refractivity contribution >= 4 is 21.5 Å². The molecular formula is C37H50Hf. The van der Waals surface area contributed by atoms with Crippen molar-refractivity contribution in [2.24, 2.45) is 17.8 Å². The normalized spacial score (nSPS) is 19.8. The summed E-state index contributed by atoms with van der Waals surface area (Å²) < 4.78 is 0. The Bertz CT molecular complexity index is 1180. The molecule has 5 rings (SSSR count). The zero-order valence-corrected chi connectivity index (χ0v) is 29.3. The number of hydrogen-bond acceptors (Lipinski definition) is 0. The summed E-state index contributed by atoms with van der Waals surface area (Å²) in [6.07, 6.45) is 16.1. The summed E-state index contributed by atoms with van der Waals surface area (Å²) in [5.41, 5.74) is 4.50. The average Bonchev–Trinajstić information content (AvgIpc) is 3.52. The molecule has 0 bridgehead atoms. The molecule has 3 aromatic rings. The Balaban J connectivity index is 0.000000376. The molecule has 1 heteroatoms. The predicted molar refractivity (Wildman–Crippen MR) is 168 cm³/mol. The molecule has 1 saturated carbocycles. The quantitative estimate of drug-likeness (QED) is 0.188. The van der Waals surface area contributed by atoms with Gasteiger partial charge in [-0.05, 0) is 22.7 Å². The molecule has 0 amide bonds. The molecule has 0 spiro atoms. The SMILES string of the molecule is CC(C)(C)c1ccc2c(c1)[cH-]c1cc(C(C)(C)C)ccc12.CC(C)C1CCC(/C=C2/[C-]=CC=C2)C1.[CH3-].[CH3-].[Hf+4]. The van der Waals surface area contributed by atoms with E-state index in [0.717, 1.165) is 17.8 Å². The van der Waals surface area contributed by atoms with Crippen LogP contribution in [0.15, 0.2) is 72.3 Å². The first kappa shape index (κ1) is 34.4. The first-order chi connectivity index (χ1) is 16.4. The van der Waals surface area contributed by atoms with E-state index in [-0.39, 0.29) is 51.5 Å². The third-order valence-corrected chi connectivity index (χ3v) is 7.93. The smallest absolute Gasteiger partial charge is 0.358 e. The van der Waals surface area contributed by atoms with Crippen LogP contribution in [0.5, 0.6) is 0 Å². The first-order valence-corrected chi connectivity index (χ1v) is 13.5. The van der Waals surface area contributed by atoms with Gasteiger partial charge in [-0.15, -0.1) is 45.8 Å². The van der Waals surface area contributed by atoms with Crippen LogP contribution in [-0.4, -0.2) is 0 Å². The van der Waals surface area contributed by atoms with E-state index in [9.17, 15) is 0 Å². The standard InChI is InChI=1S/C21H25.C14H19.2CH3.Hf/c1-20(2,3)16-7-9-18-14(12-16)11-15-13-17(21(4,5)6)8-10-19(15)18;1-11(2)14-8-7-13(10-14)9-12-5-3-4-6-12;;;/h7-13H,1-6H3;3-5,9,11,13-14H,7-8,10H2,1-2H3;2*1H3;/q4*-1;+4/b;12-9+;;;. The molecule has 3 aromatic carbocycles. The first-order valence-electron chi connectivity index (χ1n) is 13.5. The van der Waals surface area contributed by atoms with Crippen molar-refractivity contribution < 1.29 is 25.8 Å². The fourth-order valence-electron chi connectivity index (χ4n) is 5.47.